The number of nitrogens with zero attached hydrogens (tertiary/aromatic N) is 1. The smallest absolute Gasteiger partial charge is 0.411 e. The van der Waals surface area contributed by atoms with E-state index in [2.05, 4.69) is 0 Å². The van der Waals surface area contributed by atoms with E-state index < -0.39 is 6.04 Å². The molecule has 1 amide bonds. The number of benzene rings is 2. The molecule has 9 heteroatoms. The maximum absolute atomic E-state index is 12.6. The molecule has 2 aromatic carbocycles. The highest BCUT2D eigenvalue weighted by Crippen LogP contribution is 2.53. The Morgan fingerprint density at radius 1 is 0.966 bits per heavy atom. The molecular weight excluding hydrogens is 398 g/mol. The number of rotatable bonds is 4. The van der Waals surface area contributed by atoms with Crippen LogP contribution in [0.2, 0.25) is 0 Å². The van der Waals surface area contributed by atoms with Crippen molar-refractivity contribution in [2.24, 2.45) is 0 Å². The van der Waals surface area contributed by atoms with Gasteiger partial charge in [-0.2, -0.15) is 0 Å². The van der Waals surface area contributed by atoms with E-state index in [9.17, 15) is 4.79 Å². The summed E-state index contributed by atoms with van der Waals surface area (Å²) in [4.78, 5) is 15.4. The molecule has 3 aliphatic rings. The summed E-state index contributed by atoms with van der Waals surface area (Å²) >= 11 is 1.58. The normalized spacial score (nSPS) is 21.3. The van der Waals surface area contributed by atoms with Crippen molar-refractivity contribution in [2.75, 3.05) is 34.7 Å². The number of ether oxygens (including phenoxy) is 6. The second-order valence-corrected chi connectivity index (χ2v) is 7.88. The maximum Gasteiger partial charge on any atom is 0.411 e. The summed E-state index contributed by atoms with van der Waals surface area (Å²) in [5, 5.41) is -0.139. The Kier molecular flexibility index (Phi) is 4.27. The monoisotopic (exact) mass is 417 g/mol. The van der Waals surface area contributed by atoms with Crippen LogP contribution in [-0.2, 0) is 4.74 Å². The molecule has 5 rings (SSSR count). The summed E-state index contributed by atoms with van der Waals surface area (Å²) in [5.74, 6) is 2.90. The maximum atomic E-state index is 12.6. The van der Waals surface area contributed by atoms with Crippen LogP contribution >= 0.6 is 11.8 Å². The van der Waals surface area contributed by atoms with Crippen LogP contribution in [0, 0.1) is 0 Å². The Morgan fingerprint density at radius 2 is 1.66 bits per heavy atom. The largest absolute Gasteiger partial charge is 0.493 e. The van der Waals surface area contributed by atoms with Crippen molar-refractivity contribution in [3.8, 4) is 28.7 Å². The summed E-state index contributed by atoms with van der Waals surface area (Å²) in [6, 6.07) is 7.22. The fourth-order valence-corrected chi connectivity index (χ4v) is 5.16. The number of carbonyl (C=O) groups excluding carboxylic acids is 1. The van der Waals surface area contributed by atoms with Gasteiger partial charge in [0, 0.05) is 4.90 Å². The van der Waals surface area contributed by atoms with Crippen molar-refractivity contribution < 1.29 is 33.2 Å². The molecule has 0 aromatic heterocycles. The van der Waals surface area contributed by atoms with Gasteiger partial charge in [-0.3, -0.25) is 4.90 Å². The SMILES string of the molecule is COc1cc([C@@H]2c3cc4c(cc3S[C@H]3COC(=O)N23)OCO4)cc(OC)c1OC. The van der Waals surface area contributed by atoms with Gasteiger partial charge in [-0.1, -0.05) is 11.8 Å². The van der Waals surface area contributed by atoms with Crippen molar-refractivity contribution in [2.45, 2.75) is 16.3 Å². The van der Waals surface area contributed by atoms with E-state index >= 15 is 0 Å². The van der Waals surface area contributed by atoms with Gasteiger partial charge in [-0.05, 0) is 35.4 Å². The van der Waals surface area contributed by atoms with Gasteiger partial charge >= 0.3 is 6.09 Å². The number of thioether (sulfide) groups is 1. The molecule has 2 atom stereocenters. The molecule has 0 saturated carbocycles. The van der Waals surface area contributed by atoms with Crippen molar-refractivity contribution in [1.82, 2.24) is 4.90 Å². The molecule has 1 fully saturated rings. The third-order valence-electron chi connectivity index (χ3n) is 5.21. The Labute approximate surface area is 171 Å². The first-order chi connectivity index (χ1) is 14.1. The Bertz CT molecular complexity index is 970. The molecule has 8 nitrogen and oxygen atoms in total. The third kappa shape index (κ3) is 2.71. The van der Waals surface area contributed by atoms with Gasteiger partial charge in [0.2, 0.25) is 12.5 Å². The van der Waals surface area contributed by atoms with E-state index in [0.717, 1.165) is 16.0 Å². The standard InChI is InChI=1S/C20H19NO7S/c1-23-14-4-10(5-15(24-2)19(14)25-3)18-11-6-12-13(28-9-27-12)7-16(11)29-17-8-26-20(22)21(17)18/h4-7,17-18H,8-9H2,1-3H3/t17-,18+/m0/s1. The van der Waals surface area contributed by atoms with Crippen LogP contribution in [-0.4, -0.2) is 51.1 Å². The Morgan fingerprint density at radius 3 is 2.31 bits per heavy atom. The molecule has 3 aliphatic heterocycles. The van der Waals surface area contributed by atoms with E-state index in [-0.39, 0.29) is 18.3 Å². The minimum atomic E-state index is -0.394. The van der Waals surface area contributed by atoms with E-state index in [4.69, 9.17) is 28.4 Å². The molecular formula is C20H19NO7S. The van der Waals surface area contributed by atoms with Crippen molar-refractivity contribution in [3.63, 3.8) is 0 Å². The lowest BCUT2D eigenvalue weighted by Crippen LogP contribution is -2.38. The average molecular weight is 417 g/mol. The van der Waals surface area contributed by atoms with Crippen molar-refractivity contribution in [3.05, 3.63) is 35.4 Å². The minimum absolute atomic E-state index is 0.139. The van der Waals surface area contributed by atoms with Gasteiger partial charge in [0.25, 0.3) is 0 Å². The first-order valence-electron chi connectivity index (χ1n) is 8.99. The van der Waals surface area contributed by atoms with Crippen LogP contribution in [0.3, 0.4) is 0 Å². The zero-order chi connectivity index (χ0) is 20.1. The predicted octanol–water partition coefficient (Wildman–Crippen LogP) is 3.41. The minimum Gasteiger partial charge on any atom is -0.493 e. The van der Waals surface area contributed by atoms with Crippen molar-refractivity contribution in [1.29, 1.82) is 0 Å². The zero-order valence-electron chi connectivity index (χ0n) is 16.1. The van der Waals surface area contributed by atoms with E-state index in [1.807, 2.05) is 24.3 Å². The number of methoxy groups -OCH3 is 3. The van der Waals surface area contributed by atoms with Crippen LogP contribution in [0.5, 0.6) is 28.7 Å². The van der Waals surface area contributed by atoms with Gasteiger partial charge in [0.05, 0.1) is 27.4 Å². The highest BCUT2D eigenvalue weighted by atomic mass is 32.2. The number of carbonyl (C=O) groups is 1. The van der Waals surface area contributed by atoms with Crippen molar-refractivity contribution >= 4 is 17.9 Å². The molecule has 0 N–H and O–H groups in total. The van der Waals surface area contributed by atoms with Gasteiger partial charge in [0.15, 0.2) is 23.0 Å². The van der Waals surface area contributed by atoms with E-state index in [1.165, 1.54) is 0 Å². The number of cyclic esters (lactones) is 1. The fraction of sp³-hybridized carbons (Fsp3) is 0.350. The fourth-order valence-electron chi connectivity index (χ4n) is 3.93. The number of hydrogen-bond donors (Lipinski definition) is 0. The average Bonchev–Trinajstić information content (AvgIpc) is 3.35. The van der Waals surface area contributed by atoms with Gasteiger partial charge in [-0.25, -0.2) is 4.79 Å². The highest BCUT2D eigenvalue weighted by molar-refractivity contribution is 8.00. The summed E-state index contributed by atoms with van der Waals surface area (Å²) in [6.07, 6.45) is -0.357. The second-order valence-electron chi connectivity index (χ2n) is 6.66. The molecule has 29 heavy (non-hydrogen) atoms. The first-order valence-corrected chi connectivity index (χ1v) is 9.87. The van der Waals surface area contributed by atoms with Crippen LogP contribution < -0.4 is 23.7 Å². The van der Waals surface area contributed by atoms with E-state index in [0.29, 0.717) is 35.4 Å². The Hall–Kier alpha value is -2.94. The zero-order valence-corrected chi connectivity index (χ0v) is 16.9. The lowest BCUT2D eigenvalue weighted by atomic mass is 9.95. The number of amides is 1. The molecule has 0 bridgehead atoms. The molecule has 152 valence electrons. The summed E-state index contributed by atoms with van der Waals surface area (Å²) in [6.45, 7) is 0.505. The summed E-state index contributed by atoms with van der Waals surface area (Å²) in [7, 11) is 4.69. The summed E-state index contributed by atoms with van der Waals surface area (Å²) < 4.78 is 33.0. The molecule has 0 radical (unpaired) electrons. The van der Waals surface area contributed by atoms with E-state index in [1.54, 1.807) is 38.0 Å². The lowest BCUT2D eigenvalue weighted by molar-refractivity contribution is 0.151. The van der Waals surface area contributed by atoms with Crippen LogP contribution in [0.15, 0.2) is 29.2 Å². The van der Waals surface area contributed by atoms with Crippen LogP contribution in [0.1, 0.15) is 17.2 Å². The first kappa shape index (κ1) is 18.1. The molecule has 3 heterocycles. The van der Waals surface area contributed by atoms with Crippen LogP contribution in [0.25, 0.3) is 0 Å². The van der Waals surface area contributed by atoms with Gasteiger partial charge in [0.1, 0.15) is 12.0 Å². The predicted molar refractivity (Wildman–Crippen MR) is 103 cm³/mol. The quantitative estimate of drug-likeness (QED) is 0.749. The third-order valence-corrected chi connectivity index (χ3v) is 6.46. The molecule has 2 aromatic rings. The Balaban J connectivity index is 1.71. The highest BCUT2D eigenvalue weighted by Gasteiger charge is 2.46. The summed E-state index contributed by atoms with van der Waals surface area (Å²) in [5.41, 5.74) is 1.76. The number of hydrogen-bond acceptors (Lipinski definition) is 8. The topological polar surface area (TPSA) is 75.7 Å². The van der Waals surface area contributed by atoms with Gasteiger partial charge in [-0.15, -0.1) is 0 Å². The second kappa shape index (κ2) is 6.84. The molecule has 0 unspecified atom stereocenters. The van der Waals surface area contributed by atoms with Crippen LogP contribution in [0.4, 0.5) is 4.79 Å². The lowest BCUT2D eigenvalue weighted by Gasteiger charge is -2.37. The molecule has 0 aliphatic carbocycles. The molecule has 1 saturated heterocycles. The molecule has 0 spiro atoms. The number of fused-ring (bicyclic) bond motifs is 3. The van der Waals surface area contributed by atoms with Gasteiger partial charge < -0.3 is 28.4 Å².